The van der Waals surface area contributed by atoms with E-state index in [2.05, 4.69) is 40.7 Å². The molecule has 1 fully saturated rings. The summed E-state index contributed by atoms with van der Waals surface area (Å²) in [4.78, 5) is 8.73. The number of anilines is 1. The van der Waals surface area contributed by atoms with E-state index in [0.29, 0.717) is 11.6 Å². The molecule has 3 aromatic rings. The number of alkyl halides is 2. The first-order valence-corrected chi connectivity index (χ1v) is 11.3. The molecule has 170 valence electrons. The number of hydrogen-bond acceptors (Lipinski definition) is 4. The maximum Gasteiger partial charge on any atom is 0.281 e. The van der Waals surface area contributed by atoms with Crippen molar-refractivity contribution in [2.45, 2.75) is 65.0 Å². The second-order valence-electron chi connectivity index (χ2n) is 8.72. The minimum Gasteiger partial charge on any atom is -0.356 e. The Hall–Kier alpha value is -2.80. The lowest BCUT2D eigenvalue weighted by atomic mass is 9.85. The van der Waals surface area contributed by atoms with E-state index in [9.17, 15) is 8.78 Å². The van der Waals surface area contributed by atoms with Gasteiger partial charge in [0, 0.05) is 11.9 Å². The van der Waals surface area contributed by atoms with Crippen molar-refractivity contribution in [3.8, 4) is 0 Å². The lowest BCUT2D eigenvalue weighted by Gasteiger charge is -2.29. The summed E-state index contributed by atoms with van der Waals surface area (Å²) in [6.07, 6.45) is 3.06. The van der Waals surface area contributed by atoms with Crippen LogP contribution in [0, 0.1) is 6.92 Å². The van der Waals surface area contributed by atoms with Gasteiger partial charge in [0.2, 0.25) is 0 Å². The number of benzene rings is 1. The van der Waals surface area contributed by atoms with Crippen molar-refractivity contribution < 1.29 is 8.78 Å². The molecule has 0 radical (unpaired) electrons. The maximum absolute atomic E-state index is 13.1. The number of rotatable bonds is 5. The first kappa shape index (κ1) is 22.4. The molecule has 5 nitrogen and oxygen atoms in total. The fourth-order valence-corrected chi connectivity index (χ4v) is 4.55. The number of imidazole rings is 1. The topological polar surface area (TPSA) is 53.7 Å². The van der Waals surface area contributed by atoms with Gasteiger partial charge in [-0.1, -0.05) is 18.2 Å². The Labute approximate surface area is 188 Å². The van der Waals surface area contributed by atoms with Crippen LogP contribution in [0.4, 0.5) is 20.3 Å². The molecule has 0 bridgehead atoms. The van der Waals surface area contributed by atoms with Crippen LogP contribution in [0.1, 0.15) is 68.7 Å². The van der Waals surface area contributed by atoms with Gasteiger partial charge >= 0.3 is 0 Å². The molecule has 0 amide bonds. The zero-order valence-electron chi connectivity index (χ0n) is 18.9. The first-order valence-electron chi connectivity index (χ1n) is 11.3. The predicted molar refractivity (Wildman–Crippen MR) is 126 cm³/mol. The zero-order valence-corrected chi connectivity index (χ0v) is 18.9. The molecule has 2 atom stereocenters. The van der Waals surface area contributed by atoms with Crippen molar-refractivity contribution in [2.75, 3.05) is 11.9 Å². The Kier molecular flexibility index (Phi) is 6.84. The number of nitrogens with one attached hydrogen (secondary N) is 2. The summed E-state index contributed by atoms with van der Waals surface area (Å²) in [6, 6.07) is 11.9. The van der Waals surface area contributed by atoms with Crippen molar-refractivity contribution in [2.24, 2.45) is 4.99 Å². The largest absolute Gasteiger partial charge is 0.356 e. The summed E-state index contributed by atoms with van der Waals surface area (Å²) in [7, 11) is 0. The summed E-state index contributed by atoms with van der Waals surface area (Å²) in [5.41, 5.74) is 5.07. The molecule has 4 rings (SSSR count). The van der Waals surface area contributed by atoms with Gasteiger partial charge in [0.25, 0.3) is 6.43 Å². The molecule has 2 unspecified atom stereocenters. The molecule has 7 heteroatoms. The number of halogens is 2. The van der Waals surface area contributed by atoms with E-state index in [-0.39, 0.29) is 11.9 Å². The van der Waals surface area contributed by atoms with Gasteiger partial charge in [-0.05, 0) is 88.2 Å². The minimum absolute atomic E-state index is 0.0557. The van der Waals surface area contributed by atoms with Gasteiger partial charge < -0.3 is 5.32 Å². The Morgan fingerprint density at radius 2 is 1.97 bits per heavy atom. The van der Waals surface area contributed by atoms with Gasteiger partial charge in [0.15, 0.2) is 0 Å². The second-order valence-corrected chi connectivity index (χ2v) is 8.72. The van der Waals surface area contributed by atoms with Crippen molar-refractivity contribution >= 4 is 22.9 Å². The van der Waals surface area contributed by atoms with E-state index < -0.39 is 6.43 Å². The van der Waals surface area contributed by atoms with Crippen LogP contribution in [-0.4, -0.2) is 27.8 Å². The molecule has 0 saturated carbocycles. The molecule has 3 heterocycles. The molecule has 1 aliphatic rings. The molecule has 0 spiro atoms. The van der Waals surface area contributed by atoms with E-state index in [1.165, 1.54) is 17.3 Å². The number of hydrogen-bond donors (Lipinski definition) is 2. The van der Waals surface area contributed by atoms with E-state index in [4.69, 9.17) is 4.99 Å². The van der Waals surface area contributed by atoms with Crippen molar-refractivity contribution in [3.63, 3.8) is 0 Å². The SMILES string of the molecule is CC(C)=Nc1cccc(C2CCCNC(Nc3cccc4nc(C(F)F)cn34)CC2)c1C. The Bertz CT molecular complexity index is 1100. The number of fused-ring (bicyclic) bond motifs is 1. The highest BCUT2D eigenvalue weighted by atomic mass is 19.3. The normalized spacial score (nSPS) is 19.6. The third-order valence-corrected chi connectivity index (χ3v) is 6.11. The van der Waals surface area contributed by atoms with Gasteiger partial charge in [-0.15, -0.1) is 0 Å². The monoisotopic (exact) mass is 439 g/mol. The summed E-state index contributed by atoms with van der Waals surface area (Å²) in [5.74, 6) is 1.24. The Morgan fingerprint density at radius 1 is 1.16 bits per heavy atom. The number of nitrogens with zero attached hydrogens (tertiary/aromatic N) is 3. The first-order chi connectivity index (χ1) is 15.4. The van der Waals surface area contributed by atoms with Crippen molar-refractivity contribution in [3.05, 3.63) is 59.4 Å². The van der Waals surface area contributed by atoms with Crippen molar-refractivity contribution in [1.29, 1.82) is 0 Å². The zero-order chi connectivity index (χ0) is 22.7. The molecule has 0 aliphatic carbocycles. The highest BCUT2D eigenvalue weighted by Crippen LogP contribution is 2.34. The highest BCUT2D eigenvalue weighted by molar-refractivity contribution is 5.82. The molecule has 1 aliphatic heterocycles. The Balaban J connectivity index is 1.51. The van der Waals surface area contributed by atoms with Gasteiger partial charge in [-0.2, -0.15) is 0 Å². The molecule has 1 aromatic carbocycles. The third kappa shape index (κ3) is 4.99. The fraction of sp³-hybridized carbons (Fsp3) is 0.440. The van der Waals surface area contributed by atoms with Crippen LogP contribution in [0.2, 0.25) is 0 Å². The number of aliphatic imine (C=N–C) groups is 1. The van der Waals surface area contributed by atoms with Crippen LogP contribution in [0.5, 0.6) is 0 Å². The van der Waals surface area contributed by atoms with E-state index in [1.54, 1.807) is 10.5 Å². The molecule has 2 aromatic heterocycles. The lowest BCUT2D eigenvalue weighted by Crippen LogP contribution is -2.39. The average molecular weight is 440 g/mol. The van der Waals surface area contributed by atoms with E-state index in [1.807, 2.05) is 26.0 Å². The minimum atomic E-state index is -2.58. The van der Waals surface area contributed by atoms with Gasteiger partial charge in [-0.25, -0.2) is 13.8 Å². The molecule has 32 heavy (non-hydrogen) atoms. The van der Waals surface area contributed by atoms with Gasteiger partial charge in [0.1, 0.15) is 17.2 Å². The molecular weight excluding hydrogens is 408 g/mol. The predicted octanol–water partition coefficient (Wildman–Crippen LogP) is 6.38. The van der Waals surface area contributed by atoms with Crippen LogP contribution >= 0.6 is 0 Å². The average Bonchev–Trinajstić information content (AvgIpc) is 3.18. The Morgan fingerprint density at radius 3 is 2.75 bits per heavy atom. The van der Waals surface area contributed by atoms with E-state index in [0.717, 1.165) is 49.4 Å². The van der Waals surface area contributed by atoms with Gasteiger partial charge in [0.05, 0.1) is 11.9 Å². The second kappa shape index (κ2) is 9.77. The quantitative estimate of drug-likeness (QED) is 0.454. The summed E-state index contributed by atoms with van der Waals surface area (Å²) >= 11 is 0. The van der Waals surface area contributed by atoms with E-state index >= 15 is 0 Å². The summed E-state index contributed by atoms with van der Waals surface area (Å²) < 4.78 is 27.9. The van der Waals surface area contributed by atoms with Crippen LogP contribution in [-0.2, 0) is 0 Å². The standard InChI is InChI=1S/C25H31F2N5/c1-16(2)29-20-9-4-8-19(17(20)3)18-7-6-14-28-22(13-12-18)31-24-11-5-10-23-30-21(25(26)27)15-32(23)24/h4-5,8-11,15,18,22,25,28,31H,6-7,12-14H2,1-3H3. The van der Waals surface area contributed by atoms with Crippen LogP contribution in [0.25, 0.3) is 5.65 Å². The summed E-state index contributed by atoms with van der Waals surface area (Å²) in [5, 5.41) is 7.09. The number of aromatic nitrogens is 2. The van der Waals surface area contributed by atoms with Crippen LogP contribution in [0.3, 0.4) is 0 Å². The smallest absolute Gasteiger partial charge is 0.281 e. The summed E-state index contributed by atoms with van der Waals surface area (Å²) in [6.45, 7) is 7.12. The molecule has 1 saturated heterocycles. The number of pyridine rings is 1. The van der Waals surface area contributed by atoms with Crippen molar-refractivity contribution in [1.82, 2.24) is 14.7 Å². The molecule has 2 N–H and O–H groups in total. The van der Waals surface area contributed by atoms with Gasteiger partial charge in [-0.3, -0.25) is 14.7 Å². The molecular formula is C25H31F2N5. The maximum atomic E-state index is 13.1. The van der Waals surface area contributed by atoms with Crippen LogP contribution in [0.15, 0.2) is 47.6 Å². The lowest BCUT2D eigenvalue weighted by molar-refractivity contribution is 0.147. The van der Waals surface area contributed by atoms with Crippen LogP contribution < -0.4 is 10.6 Å². The highest BCUT2D eigenvalue weighted by Gasteiger charge is 2.21. The third-order valence-electron chi connectivity index (χ3n) is 6.11. The fourth-order valence-electron chi connectivity index (χ4n) is 4.55.